The van der Waals surface area contributed by atoms with Crippen LogP contribution in [0.2, 0.25) is 0 Å². The number of primary amides is 1. The Morgan fingerprint density at radius 1 is 1.25 bits per heavy atom. The van der Waals surface area contributed by atoms with Gasteiger partial charge in [0, 0.05) is 18.9 Å². The number of carbonyl (C=O) groups excluding carboxylic acids is 1. The molecule has 2 unspecified atom stereocenters. The second-order valence-corrected chi connectivity index (χ2v) is 8.10. The fraction of sp³-hybridized carbons (Fsp3) is 0.200. The van der Waals surface area contributed by atoms with E-state index in [1.165, 1.54) is 11.1 Å². The number of aromatic nitrogens is 1. The van der Waals surface area contributed by atoms with E-state index < -0.39 is 5.91 Å². The maximum atomic E-state index is 11.9. The molecule has 7 heteroatoms. The Balaban J connectivity index is 1.52. The highest BCUT2D eigenvalue weighted by molar-refractivity contribution is 6.00. The van der Waals surface area contributed by atoms with Crippen LogP contribution in [0.3, 0.4) is 0 Å². The zero-order valence-corrected chi connectivity index (χ0v) is 17.9. The first-order valence-electron chi connectivity index (χ1n) is 10.7. The fourth-order valence-electron chi connectivity index (χ4n) is 4.49. The molecule has 5 rings (SSSR count). The molecule has 2 atom stereocenters. The third kappa shape index (κ3) is 3.72. The SMILES string of the molecule is Cc1cc2c(C(N)=O)cccn2c1C1NC2=C(CC=CN=C2)C(NCc2ccccc2)N1. The van der Waals surface area contributed by atoms with Gasteiger partial charge in [-0.15, -0.1) is 0 Å². The average molecular weight is 427 g/mol. The molecule has 2 aromatic heterocycles. The molecule has 2 aliphatic rings. The number of nitrogens with one attached hydrogen (secondary N) is 3. The number of hydrogen-bond acceptors (Lipinski definition) is 5. The predicted octanol–water partition coefficient (Wildman–Crippen LogP) is 2.90. The smallest absolute Gasteiger partial charge is 0.250 e. The van der Waals surface area contributed by atoms with Gasteiger partial charge in [-0.1, -0.05) is 36.4 Å². The van der Waals surface area contributed by atoms with Gasteiger partial charge in [0.2, 0.25) is 0 Å². The molecule has 1 aromatic carbocycles. The number of nitrogens with two attached hydrogens (primary N) is 1. The van der Waals surface area contributed by atoms with Gasteiger partial charge in [0.1, 0.15) is 6.17 Å². The standard InChI is InChI=1S/C25H26N6O/c1-16-13-21-19(23(26)32)10-6-12-31(21)22(16)25-29-20-15-27-11-5-9-18(20)24(30-25)28-14-17-7-3-2-4-8-17/h2-8,10-13,15,24-25,28-30H,9,14H2,1H3,(H2,26,32). The Morgan fingerprint density at radius 2 is 2.09 bits per heavy atom. The van der Waals surface area contributed by atoms with Crippen LogP contribution in [-0.2, 0) is 6.54 Å². The summed E-state index contributed by atoms with van der Waals surface area (Å²) in [6, 6.07) is 16.0. The summed E-state index contributed by atoms with van der Waals surface area (Å²) in [5, 5.41) is 11.0. The van der Waals surface area contributed by atoms with Crippen molar-refractivity contribution in [2.45, 2.75) is 32.2 Å². The van der Waals surface area contributed by atoms with Crippen molar-refractivity contribution in [3.05, 3.63) is 101 Å². The zero-order chi connectivity index (χ0) is 22.1. The number of carbonyl (C=O) groups is 1. The summed E-state index contributed by atoms with van der Waals surface area (Å²) < 4.78 is 2.03. The zero-order valence-electron chi connectivity index (χ0n) is 17.9. The number of fused-ring (bicyclic) bond motifs is 1. The first-order valence-corrected chi connectivity index (χ1v) is 10.7. The third-order valence-electron chi connectivity index (χ3n) is 6.00. The minimum atomic E-state index is -0.432. The first kappa shape index (κ1) is 20.2. The Labute approximate surface area is 186 Å². The van der Waals surface area contributed by atoms with Gasteiger partial charge < -0.3 is 15.5 Å². The Bertz CT molecular complexity index is 1250. The topological polar surface area (TPSA) is 96.0 Å². The molecule has 0 bridgehead atoms. The molecule has 0 saturated heterocycles. The minimum Gasteiger partial charge on any atom is -0.366 e. The molecular weight excluding hydrogens is 400 g/mol. The molecule has 0 saturated carbocycles. The molecule has 5 N–H and O–H groups in total. The first-order chi connectivity index (χ1) is 15.6. The maximum absolute atomic E-state index is 11.9. The van der Waals surface area contributed by atoms with Crippen LogP contribution in [0.5, 0.6) is 0 Å². The molecule has 0 fully saturated rings. The number of aliphatic imine (C=N–C) groups is 1. The predicted molar refractivity (Wildman–Crippen MR) is 126 cm³/mol. The van der Waals surface area contributed by atoms with Crippen molar-refractivity contribution in [1.29, 1.82) is 0 Å². The van der Waals surface area contributed by atoms with Crippen LogP contribution in [-0.4, -0.2) is 22.7 Å². The number of nitrogens with zero attached hydrogens (tertiary/aromatic N) is 2. The monoisotopic (exact) mass is 426 g/mol. The quantitative estimate of drug-likeness (QED) is 0.504. The van der Waals surface area contributed by atoms with E-state index in [4.69, 9.17) is 5.73 Å². The number of hydrogen-bond donors (Lipinski definition) is 4. The normalized spacial score (nSPS) is 20.2. The lowest BCUT2D eigenvalue weighted by molar-refractivity contribution is 0.100. The van der Waals surface area contributed by atoms with Gasteiger partial charge >= 0.3 is 0 Å². The van der Waals surface area contributed by atoms with Crippen LogP contribution in [0.15, 0.2) is 83.3 Å². The average Bonchev–Trinajstić information content (AvgIpc) is 2.96. The molecule has 162 valence electrons. The largest absolute Gasteiger partial charge is 0.366 e. The molecule has 3 aromatic rings. The lowest BCUT2D eigenvalue weighted by Gasteiger charge is -2.36. The number of rotatable bonds is 5. The van der Waals surface area contributed by atoms with Gasteiger partial charge in [-0.05, 0) is 48.2 Å². The van der Waals surface area contributed by atoms with Crippen molar-refractivity contribution in [1.82, 2.24) is 20.4 Å². The highest BCUT2D eigenvalue weighted by atomic mass is 16.1. The molecule has 32 heavy (non-hydrogen) atoms. The molecule has 0 spiro atoms. The summed E-state index contributed by atoms with van der Waals surface area (Å²) in [6.07, 6.45) is 8.31. The second-order valence-electron chi connectivity index (χ2n) is 8.10. The Hall–Kier alpha value is -3.68. The van der Waals surface area contributed by atoms with Gasteiger partial charge in [-0.25, -0.2) is 0 Å². The number of benzene rings is 1. The summed E-state index contributed by atoms with van der Waals surface area (Å²) in [5.41, 5.74) is 12.5. The van der Waals surface area contributed by atoms with E-state index in [0.717, 1.165) is 35.4 Å². The molecule has 2 aliphatic heterocycles. The molecule has 1 amide bonds. The summed E-state index contributed by atoms with van der Waals surface area (Å²) in [6.45, 7) is 2.79. The summed E-state index contributed by atoms with van der Waals surface area (Å²) >= 11 is 0. The van der Waals surface area contributed by atoms with Crippen molar-refractivity contribution in [3.63, 3.8) is 0 Å². The van der Waals surface area contributed by atoms with Crippen LogP contribution in [0.25, 0.3) is 5.52 Å². The highest BCUT2D eigenvalue weighted by Crippen LogP contribution is 2.29. The maximum Gasteiger partial charge on any atom is 0.250 e. The van der Waals surface area contributed by atoms with Gasteiger partial charge in [-0.3, -0.25) is 20.4 Å². The van der Waals surface area contributed by atoms with Gasteiger partial charge in [0.25, 0.3) is 5.91 Å². The summed E-state index contributed by atoms with van der Waals surface area (Å²) in [5.74, 6) is -0.432. The molecule has 4 heterocycles. The van der Waals surface area contributed by atoms with Crippen molar-refractivity contribution in [2.75, 3.05) is 0 Å². The number of amides is 1. The molecule has 7 nitrogen and oxygen atoms in total. The van der Waals surface area contributed by atoms with Crippen molar-refractivity contribution >= 4 is 17.6 Å². The summed E-state index contributed by atoms with van der Waals surface area (Å²) in [4.78, 5) is 16.3. The van der Waals surface area contributed by atoms with E-state index >= 15 is 0 Å². The van der Waals surface area contributed by atoms with Crippen LogP contribution in [0, 0.1) is 6.92 Å². The van der Waals surface area contributed by atoms with Gasteiger partial charge in [0.05, 0.1) is 34.9 Å². The van der Waals surface area contributed by atoms with Gasteiger partial charge in [0.15, 0.2) is 0 Å². The van der Waals surface area contributed by atoms with Crippen molar-refractivity contribution < 1.29 is 4.79 Å². The minimum absolute atomic E-state index is 0.0464. The molecular formula is C25H26N6O. The van der Waals surface area contributed by atoms with Crippen LogP contribution < -0.4 is 21.7 Å². The third-order valence-corrected chi connectivity index (χ3v) is 6.00. The van der Waals surface area contributed by atoms with Crippen molar-refractivity contribution in [2.24, 2.45) is 10.7 Å². The lowest BCUT2D eigenvalue weighted by Crippen LogP contribution is -2.54. The van der Waals surface area contributed by atoms with E-state index in [1.807, 2.05) is 53.3 Å². The summed E-state index contributed by atoms with van der Waals surface area (Å²) in [7, 11) is 0. The Kier molecular flexibility index (Phi) is 5.34. The van der Waals surface area contributed by atoms with Crippen LogP contribution in [0.4, 0.5) is 0 Å². The lowest BCUT2D eigenvalue weighted by atomic mass is 10.0. The fourth-order valence-corrected chi connectivity index (χ4v) is 4.49. The van der Waals surface area contributed by atoms with E-state index in [9.17, 15) is 4.79 Å². The van der Waals surface area contributed by atoms with Crippen LogP contribution >= 0.6 is 0 Å². The van der Waals surface area contributed by atoms with Crippen molar-refractivity contribution in [3.8, 4) is 0 Å². The number of aryl methyl sites for hydroxylation is 1. The van der Waals surface area contributed by atoms with E-state index in [1.54, 1.807) is 6.07 Å². The highest BCUT2D eigenvalue weighted by Gasteiger charge is 2.30. The van der Waals surface area contributed by atoms with Crippen LogP contribution in [0.1, 0.15) is 39.8 Å². The van der Waals surface area contributed by atoms with E-state index in [0.29, 0.717) is 5.56 Å². The van der Waals surface area contributed by atoms with E-state index in [-0.39, 0.29) is 12.3 Å². The molecule has 0 radical (unpaired) electrons. The van der Waals surface area contributed by atoms with E-state index in [2.05, 4.69) is 46.1 Å². The Morgan fingerprint density at radius 3 is 2.91 bits per heavy atom. The van der Waals surface area contributed by atoms with Gasteiger partial charge in [-0.2, -0.15) is 0 Å². The molecule has 0 aliphatic carbocycles. The number of allylic oxidation sites excluding steroid dienone is 2. The number of pyridine rings is 1. The second kappa shape index (κ2) is 8.45.